The van der Waals surface area contributed by atoms with E-state index in [0.29, 0.717) is 23.0 Å². The van der Waals surface area contributed by atoms with Crippen molar-refractivity contribution in [3.8, 4) is 5.75 Å². The van der Waals surface area contributed by atoms with Crippen molar-refractivity contribution < 1.29 is 14.3 Å². The third kappa shape index (κ3) is 5.54. The molecule has 1 N–H and O–H groups in total. The van der Waals surface area contributed by atoms with Gasteiger partial charge in [0.05, 0.1) is 18.4 Å². The Morgan fingerprint density at radius 2 is 1.91 bits per heavy atom. The SMILES string of the molecule is CCOc1ccc([C@@H]2CCCN2C(=O)c2ccc(NC(=O)CSc3nncn3C)cc2)cc1. The topological polar surface area (TPSA) is 89.3 Å². The number of nitrogens with one attached hydrogen (secondary N) is 1. The zero-order valence-electron chi connectivity index (χ0n) is 18.7. The van der Waals surface area contributed by atoms with E-state index < -0.39 is 0 Å². The summed E-state index contributed by atoms with van der Waals surface area (Å²) in [6.07, 6.45) is 3.51. The van der Waals surface area contributed by atoms with Crippen molar-refractivity contribution in [2.45, 2.75) is 31.0 Å². The molecule has 172 valence electrons. The summed E-state index contributed by atoms with van der Waals surface area (Å²) in [6, 6.07) is 15.1. The Kier molecular flexibility index (Phi) is 7.29. The first kappa shape index (κ1) is 22.8. The molecule has 0 bridgehead atoms. The summed E-state index contributed by atoms with van der Waals surface area (Å²) < 4.78 is 7.29. The molecule has 1 saturated heterocycles. The predicted molar refractivity (Wildman–Crippen MR) is 127 cm³/mol. The number of carbonyl (C=O) groups excluding carboxylic acids is 2. The summed E-state index contributed by atoms with van der Waals surface area (Å²) in [7, 11) is 1.83. The zero-order valence-corrected chi connectivity index (χ0v) is 19.5. The Labute approximate surface area is 197 Å². The van der Waals surface area contributed by atoms with Gasteiger partial charge in [0, 0.05) is 24.8 Å². The van der Waals surface area contributed by atoms with Crippen molar-refractivity contribution in [3.63, 3.8) is 0 Å². The highest BCUT2D eigenvalue weighted by molar-refractivity contribution is 7.99. The molecule has 1 aliphatic heterocycles. The second kappa shape index (κ2) is 10.5. The van der Waals surface area contributed by atoms with Crippen LogP contribution in [0.5, 0.6) is 5.75 Å². The van der Waals surface area contributed by atoms with E-state index in [9.17, 15) is 9.59 Å². The highest BCUT2D eigenvalue weighted by atomic mass is 32.2. The number of rotatable bonds is 8. The van der Waals surface area contributed by atoms with Gasteiger partial charge in [-0.05, 0) is 61.7 Å². The van der Waals surface area contributed by atoms with Crippen LogP contribution in [0.1, 0.15) is 41.7 Å². The molecule has 0 spiro atoms. The molecule has 2 aromatic carbocycles. The lowest BCUT2D eigenvalue weighted by Crippen LogP contribution is -2.30. The molecule has 3 aromatic rings. The molecule has 0 radical (unpaired) electrons. The molecule has 1 fully saturated rings. The lowest BCUT2D eigenvalue weighted by atomic mass is 10.0. The average Bonchev–Trinajstić information content (AvgIpc) is 3.47. The van der Waals surface area contributed by atoms with E-state index in [0.717, 1.165) is 30.7 Å². The summed E-state index contributed by atoms with van der Waals surface area (Å²) in [5.74, 6) is 0.925. The van der Waals surface area contributed by atoms with Crippen LogP contribution < -0.4 is 10.1 Å². The first-order valence-corrected chi connectivity index (χ1v) is 11.9. The number of thioether (sulfide) groups is 1. The monoisotopic (exact) mass is 465 g/mol. The molecule has 2 heterocycles. The van der Waals surface area contributed by atoms with Gasteiger partial charge >= 0.3 is 0 Å². The van der Waals surface area contributed by atoms with Crippen LogP contribution in [0.3, 0.4) is 0 Å². The Morgan fingerprint density at radius 3 is 2.58 bits per heavy atom. The number of benzene rings is 2. The van der Waals surface area contributed by atoms with Crippen LogP contribution in [-0.2, 0) is 11.8 Å². The number of aryl methyl sites for hydroxylation is 1. The summed E-state index contributed by atoms with van der Waals surface area (Å²) in [5.41, 5.74) is 2.38. The van der Waals surface area contributed by atoms with E-state index >= 15 is 0 Å². The van der Waals surface area contributed by atoms with E-state index in [-0.39, 0.29) is 23.6 Å². The highest BCUT2D eigenvalue weighted by Gasteiger charge is 2.30. The van der Waals surface area contributed by atoms with Gasteiger partial charge in [-0.1, -0.05) is 23.9 Å². The molecule has 0 aliphatic carbocycles. The molecule has 0 unspecified atom stereocenters. The van der Waals surface area contributed by atoms with E-state index in [1.54, 1.807) is 35.2 Å². The lowest BCUT2D eigenvalue weighted by Gasteiger charge is -2.25. The lowest BCUT2D eigenvalue weighted by molar-refractivity contribution is -0.113. The first-order valence-electron chi connectivity index (χ1n) is 11.0. The van der Waals surface area contributed by atoms with Gasteiger partial charge in [0.15, 0.2) is 5.16 Å². The van der Waals surface area contributed by atoms with E-state index in [4.69, 9.17) is 4.74 Å². The van der Waals surface area contributed by atoms with Gasteiger partial charge < -0.3 is 19.5 Å². The minimum absolute atomic E-state index is 0.00194. The third-order valence-corrected chi connectivity index (χ3v) is 6.54. The summed E-state index contributed by atoms with van der Waals surface area (Å²) in [5, 5.41) is 11.3. The maximum atomic E-state index is 13.2. The smallest absolute Gasteiger partial charge is 0.254 e. The van der Waals surface area contributed by atoms with Crippen LogP contribution in [0.4, 0.5) is 5.69 Å². The van der Waals surface area contributed by atoms with Crippen LogP contribution in [0.25, 0.3) is 0 Å². The molecule has 1 aromatic heterocycles. The van der Waals surface area contributed by atoms with Crippen molar-refractivity contribution in [2.75, 3.05) is 24.2 Å². The maximum Gasteiger partial charge on any atom is 0.254 e. The number of amides is 2. The standard InChI is InChI=1S/C24H27N5O3S/c1-3-32-20-12-8-17(9-13-20)21-5-4-14-29(21)23(31)18-6-10-19(11-7-18)26-22(30)15-33-24-27-25-16-28(24)2/h6-13,16,21H,3-5,14-15H2,1-2H3,(H,26,30)/t21-/m0/s1. The van der Waals surface area contributed by atoms with Gasteiger partial charge in [0.1, 0.15) is 12.1 Å². The minimum Gasteiger partial charge on any atom is -0.494 e. The van der Waals surface area contributed by atoms with E-state index in [1.165, 1.54) is 11.8 Å². The number of anilines is 1. The van der Waals surface area contributed by atoms with Crippen LogP contribution >= 0.6 is 11.8 Å². The molecule has 8 nitrogen and oxygen atoms in total. The van der Waals surface area contributed by atoms with Crippen molar-refractivity contribution >= 4 is 29.3 Å². The van der Waals surface area contributed by atoms with Crippen molar-refractivity contribution in [3.05, 3.63) is 66.0 Å². The summed E-state index contributed by atoms with van der Waals surface area (Å²) in [6.45, 7) is 3.32. The third-order valence-electron chi connectivity index (χ3n) is 5.51. The second-order valence-electron chi connectivity index (χ2n) is 7.80. The maximum absolute atomic E-state index is 13.2. The Morgan fingerprint density at radius 1 is 1.15 bits per heavy atom. The van der Waals surface area contributed by atoms with Gasteiger partial charge in [0.25, 0.3) is 5.91 Å². The number of carbonyl (C=O) groups is 2. The molecule has 1 aliphatic rings. The molecular weight excluding hydrogens is 438 g/mol. The number of hydrogen-bond acceptors (Lipinski definition) is 6. The molecule has 33 heavy (non-hydrogen) atoms. The van der Waals surface area contributed by atoms with Crippen molar-refractivity contribution in [2.24, 2.45) is 7.05 Å². The second-order valence-corrected chi connectivity index (χ2v) is 8.74. The van der Waals surface area contributed by atoms with Crippen molar-refractivity contribution in [1.82, 2.24) is 19.7 Å². The Hall–Kier alpha value is -3.33. The van der Waals surface area contributed by atoms with Gasteiger partial charge in [-0.2, -0.15) is 0 Å². The summed E-state index contributed by atoms with van der Waals surface area (Å²) >= 11 is 1.32. The number of nitrogens with zero attached hydrogens (tertiary/aromatic N) is 4. The minimum atomic E-state index is -0.141. The quantitative estimate of drug-likeness (QED) is 0.507. The van der Waals surface area contributed by atoms with Crippen LogP contribution in [-0.4, -0.2) is 50.4 Å². The fraction of sp³-hybridized carbons (Fsp3) is 0.333. The van der Waals surface area contributed by atoms with Gasteiger partial charge in [-0.25, -0.2) is 0 Å². The Balaban J connectivity index is 1.36. The number of likely N-dealkylation sites (tertiary alicyclic amines) is 1. The predicted octanol–water partition coefficient (Wildman–Crippen LogP) is 3.92. The summed E-state index contributed by atoms with van der Waals surface area (Å²) in [4.78, 5) is 27.4. The fourth-order valence-corrected chi connectivity index (χ4v) is 4.59. The molecule has 1 atom stereocenters. The number of ether oxygens (including phenoxy) is 1. The average molecular weight is 466 g/mol. The van der Waals surface area contributed by atoms with E-state index in [1.807, 2.05) is 43.1 Å². The zero-order chi connectivity index (χ0) is 23.2. The van der Waals surface area contributed by atoms with Crippen LogP contribution in [0, 0.1) is 0 Å². The van der Waals surface area contributed by atoms with Gasteiger partial charge in [0.2, 0.25) is 5.91 Å². The molecule has 4 rings (SSSR count). The normalized spacial score (nSPS) is 15.5. The Bertz CT molecular complexity index is 1100. The molecule has 0 saturated carbocycles. The number of hydrogen-bond donors (Lipinski definition) is 1. The first-order chi connectivity index (χ1) is 16.0. The largest absolute Gasteiger partial charge is 0.494 e. The molecule has 9 heteroatoms. The number of aromatic nitrogens is 3. The van der Waals surface area contributed by atoms with Gasteiger partial charge in [-0.3, -0.25) is 9.59 Å². The fourth-order valence-electron chi connectivity index (χ4n) is 3.90. The van der Waals surface area contributed by atoms with E-state index in [2.05, 4.69) is 15.5 Å². The van der Waals surface area contributed by atoms with Gasteiger partial charge in [-0.15, -0.1) is 10.2 Å². The molecule has 2 amide bonds. The van der Waals surface area contributed by atoms with Crippen LogP contribution in [0.2, 0.25) is 0 Å². The molecular formula is C24H27N5O3S. The van der Waals surface area contributed by atoms with Crippen molar-refractivity contribution in [1.29, 1.82) is 0 Å². The highest BCUT2D eigenvalue weighted by Crippen LogP contribution is 2.34. The van der Waals surface area contributed by atoms with Crippen LogP contribution in [0.15, 0.2) is 60.0 Å².